The maximum atomic E-state index is 13.9. The topological polar surface area (TPSA) is 96.5 Å². The molecule has 0 atom stereocenters. The highest BCUT2D eigenvalue weighted by Gasteiger charge is 2.76. The fourth-order valence-electron chi connectivity index (χ4n) is 7.24. The minimum Gasteiger partial charge on any atom is -0.481 e. The van der Waals surface area contributed by atoms with Gasteiger partial charge in [-0.05, 0) is 81.4 Å². The van der Waals surface area contributed by atoms with Crippen molar-refractivity contribution in [1.82, 2.24) is 10.1 Å². The molecule has 2 aromatic rings. The second kappa shape index (κ2) is 7.58. The summed E-state index contributed by atoms with van der Waals surface area (Å²) in [7, 11) is 0. The maximum absolute atomic E-state index is 13.9. The van der Waals surface area contributed by atoms with Gasteiger partial charge >= 0.3 is 11.9 Å². The maximum Gasteiger partial charge on any atom is 0.322 e. The average molecular weight is 564 g/mol. The zero-order valence-corrected chi connectivity index (χ0v) is 21.6. The Morgan fingerprint density at radius 3 is 2.28 bits per heavy atom. The molecule has 0 aliphatic heterocycles. The van der Waals surface area contributed by atoms with Crippen LogP contribution >= 0.6 is 15.9 Å². The quantitative estimate of drug-likeness (QED) is 0.455. The van der Waals surface area contributed by atoms with Gasteiger partial charge in [0.1, 0.15) is 0 Å². The molecule has 1 N–H and O–H groups in total. The largest absolute Gasteiger partial charge is 0.481 e. The van der Waals surface area contributed by atoms with Gasteiger partial charge < -0.3 is 14.5 Å². The Balaban J connectivity index is 1.23. The molecule has 0 spiro atoms. The lowest BCUT2D eigenvalue weighted by molar-refractivity contribution is -0.219. The molecule has 7 nitrogen and oxygen atoms in total. The van der Waals surface area contributed by atoms with Crippen molar-refractivity contribution in [2.24, 2.45) is 16.2 Å². The molecule has 6 aliphatic carbocycles. The van der Waals surface area contributed by atoms with Crippen molar-refractivity contribution < 1.29 is 28.0 Å². The number of amides is 1. The van der Waals surface area contributed by atoms with Crippen molar-refractivity contribution in [1.29, 1.82) is 0 Å². The summed E-state index contributed by atoms with van der Waals surface area (Å²) in [6, 6.07) is 7.69. The molecule has 0 saturated heterocycles. The molecule has 6 fully saturated rings. The standard InChI is InChI=1S/C26H28BrF2N3O4/c1-22(28,29)19-30-18(31-36-19)24-8-5-23(6-9-24,7-10-24)15-32(17-4-2-3-16(27)11-17)20(33)25-12-26(13-25,14-25)21(34)35/h2-4,11H,5-10,12-15H2,1H3,(H,34,35). The summed E-state index contributed by atoms with van der Waals surface area (Å²) in [5.41, 5.74) is -0.925. The van der Waals surface area contributed by atoms with Crippen LogP contribution in [0.4, 0.5) is 14.5 Å². The monoisotopic (exact) mass is 563 g/mol. The number of fused-ring (bicyclic) bond motifs is 3. The third-order valence-electron chi connectivity index (χ3n) is 9.47. The molecular weight excluding hydrogens is 536 g/mol. The van der Waals surface area contributed by atoms with E-state index in [9.17, 15) is 23.5 Å². The minimum atomic E-state index is -3.17. The van der Waals surface area contributed by atoms with Gasteiger partial charge in [-0.25, -0.2) is 0 Å². The van der Waals surface area contributed by atoms with Crippen LogP contribution in [0.3, 0.4) is 0 Å². The van der Waals surface area contributed by atoms with E-state index >= 15 is 0 Å². The van der Waals surface area contributed by atoms with Gasteiger partial charge in [0.25, 0.3) is 5.89 Å². The Bertz CT molecular complexity index is 1210. The Morgan fingerprint density at radius 2 is 1.75 bits per heavy atom. The lowest BCUT2D eigenvalue weighted by Crippen LogP contribution is -2.71. The van der Waals surface area contributed by atoms with Gasteiger partial charge in [-0.15, -0.1) is 0 Å². The van der Waals surface area contributed by atoms with E-state index in [2.05, 4.69) is 26.1 Å². The van der Waals surface area contributed by atoms with Crippen molar-refractivity contribution in [2.45, 2.75) is 76.0 Å². The third-order valence-corrected chi connectivity index (χ3v) is 9.97. The fraction of sp³-hybridized carbons (Fsp3) is 0.615. The number of alkyl halides is 2. The van der Waals surface area contributed by atoms with E-state index in [0.29, 0.717) is 31.6 Å². The average Bonchev–Trinajstić information content (AvgIpc) is 3.29. The molecular formula is C26H28BrF2N3O4. The second-order valence-corrected chi connectivity index (χ2v) is 12.8. The number of halogens is 3. The van der Waals surface area contributed by atoms with Crippen LogP contribution in [0.5, 0.6) is 0 Å². The molecule has 36 heavy (non-hydrogen) atoms. The highest BCUT2D eigenvalue weighted by Crippen LogP contribution is 2.74. The van der Waals surface area contributed by atoms with E-state index in [1.54, 1.807) is 0 Å². The van der Waals surface area contributed by atoms with Crippen LogP contribution in [0.1, 0.15) is 76.4 Å². The zero-order chi connectivity index (χ0) is 25.6. The highest BCUT2D eigenvalue weighted by molar-refractivity contribution is 9.10. The van der Waals surface area contributed by atoms with Crippen LogP contribution in [0.2, 0.25) is 0 Å². The molecule has 4 bridgehead atoms. The molecule has 6 aliphatic rings. The Labute approximate surface area is 215 Å². The Kier molecular flexibility index (Phi) is 5.06. The van der Waals surface area contributed by atoms with E-state index in [-0.39, 0.29) is 16.7 Å². The van der Waals surface area contributed by atoms with Crippen LogP contribution in [0.15, 0.2) is 33.3 Å². The number of aliphatic carboxylic acids is 1. The number of anilines is 1. The number of hydrogen-bond acceptors (Lipinski definition) is 5. The summed E-state index contributed by atoms with van der Waals surface area (Å²) in [5.74, 6) is -4.21. The summed E-state index contributed by atoms with van der Waals surface area (Å²) in [6.45, 7) is 1.32. The first-order chi connectivity index (χ1) is 16.9. The summed E-state index contributed by atoms with van der Waals surface area (Å²) in [4.78, 5) is 31.5. The van der Waals surface area contributed by atoms with Crippen molar-refractivity contribution in [3.05, 3.63) is 40.5 Å². The van der Waals surface area contributed by atoms with E-state index in [0.717, 1.165) is 55.6 Å². The first-order valence-electron chi connectivity index (χ1n) is 12.4. The number of carboxylic acids is 1. The van der Waals surface area contributed by atoms with Crippen LogP contribution in [-0.4, -0.2) is 33.7 Å². The van der Waals surface area contributed by atoms with Crippen LogP contribution < -0.4 is 4.90 Å². The molecule has 10 heteroatoms. The van der Waals surface area contributed by atoms with Gasteiger partial charge in [-0.3, -0.25) is 9.59 Å². The third kappa shape index (κ3) is 3.46. The smallest absolute Gasteiger partial charge is 0.322 e. The Hall–Kier alpha value is -2.36. The zero-order valence-electron chi connectivity index (χ0n) is 20.0. The molecule has 0 unspecified atom stereocenters. The first-order valence-corrected chi connectivity index (χ1v) is 13.2. The summed E-state index contributed by atoms with van der Waals surface area (Å²) in [5, 5.41) is 13.5. The lowest BCUT2D eigenvalue weighted by atomic mass is 9.34. The van der Waals surface area contributed by atoms with Crippen molar-refractivity contribution >= 4 is 33.5 Å². The van der Waals surface area contributed by atoms with Crippen LogP contribution in [0, 0.1) is 16.2 Å². The van der Waals surface area contributed by atoms with E-state index < -0.39 is 28.6 Å². The number of carbonyl (C=O) groups excluding carboxylic acids is 1. The summed E-state index contributed by atoms with van der Waals surface area (Å²) < 4.78 is 33.1. The number of hydrogen-bond donors (Lipinski definition) is 1. The number of carboxylic acid groups (broad SMARTS) is 1. The van der Waals surface area contributed by atoms with Gasteiger partial charge in [0.15, 0.2) is 5.82 Å². The number of nitrogens with zero attached hydrogens (tertiary/aromatic N) is 3. The molecule has 8 rings (SSSR count). The van der Waals surface area contributed by atoms with Gasteiger partial charge in [0.05, 0.1) is 10.8 Å². The molecule has 0 radical (unpaired) electrons. The SMILES string of the molecule is CC(F)(F)c1nc(C23CCC(CN(C(=O)C45CC(C(=O)O)(C4)C5)c4cccc(Br)c4)(CC2)CC3)no1. The van der Waals surface area contributed by atoms with E-state index in [4.69, 9.17) is 4.52 Å². The molecule has 6 saturated carbocycles. The van der Waals surface area contributed by atoms with Crippen molar-refractivity contribution in [3.63, 3.8) is 0 Å². The predicted octanol–water partition coefficient (Wildman–Crippen LogP) is 5.82. The van der Waals surface area contributed by atoms with Crippen molar-refractivity contribution in [3.8, 4) is 0 Å². The number of benzene rings is 1. The van der Waals surface area contributed by atoms with Gasteiger partial charge in [-0.1, -0.05) is 27.2 Å². The molecule has 192 valence electrons. The molecule has 1 aromatic carbocycles. The fourth-order valence-corrected chi connectivity index (χ4v) is 7.63. The van der Waals surface area contributed by atoms with E-state index in [1.807, 2.05) is 29.2 Å². The molecule has 1 heterocycles. The Morgan fingerprint density at radius 1 is 1.11 bits per heavy atom. The minimum absolute atomic E-state index is 0.0218. The van der Waals surface area contributed by atoms with Gasteiger partial charge in [-0.2, -0.15) is 13.8 Å². The summed E-state index contributed by atoms with van der Waals surface area (Å²) >= 11 is 3.52. The second-order valence-electron chi connectivity index (χ2n) is 11.9. The van der Waals surface area contributed by atoms with Gasteiger partial charge in [0, 0.05) is 29.0 Å². The normalized spacial score (nSPS) is 34.6. The lowest BCUT2D eigenvalue weighted by Gasteiger charge is -2.67. The predicted molar refractivity (Wildman–Crippen MR) is 129 cm³/mol. The van der Waals surface area contributed by atoms with Crippen LogP contribution in [0.25, 0.3) is 0 Å². The molecule has 1 amide bonds. The number of rotatable bonds is 7. The molecule has 1 aromatic heterocycles. The van der Waals surface area contributed by atoms with Crippen molar-refractivity contribution in [2.75, 3.05) is 11.4 Å². The number of aromatic nitrogens is 2. The summed E-state index contributed by atoms with van der Waals surface area (Å²) in [6.07, 6.45) is 6.03. The van der Waals surface area contributed by atoms with E-state index in [1.165, 1.54) is 0 Å². The highest BCUT2D eigenvalue weighted by atomic mass is 79.9. The van der Waals surface area contributed by atoms with Gasteiger partial charge in [0.2, 0.25) is 5.91 Å². The van der Waals surface area contributed by atoms with Crippen LogP contribution in [-0.2, 0) is 20.9 Å². The number of carbonyl (C=O) groups is 2. The first kappa shape index (κ1) is 24.0.